The highest BCUT2D eigenvalue weighted by molar-refractivity contribution is 4.80. The van der Waals surface area contributed by atoms with E-state index < -0.39 is 5.60 Å². The summed E-state index contributed by atoms with van der Waals surface area (Å²) in [6.07, 6.45) is 3.12. The lowest BCUT2D eigenvalue weighted by Gasteiger charge is -2.29. The number of unbranched alkanes of at least 4 members (excludes halogenated alkanes) is 1. The number of aliphatic hydroxyl groups is 1. The summed E-state index contributed by atoms with van der Waals surface area (Å²) in [4.78, 5) is 0. The summed E-state index contributed by atoms with van der Waals surface area (Å²) in [6.45, 7) is 11.1. The summed E-state index contributed by atoms with van der Waals surface area (Å²) in [5, 5.41) is 13.3. The summed E-state index contributed by atoms with van der Waals surface area (Å²) in [6, 6.07) is 0. The zero-order valence-corrected chi connectivity index (χ0v) is 9.78. The first kappa shape index (κ1) is 12.9. The van der Waals surface area contributed by atoms with E-state index in [9.17, 15) is 5.11 Å². The summed E-state index contributed by atoms with van der Waals surface area (Å²) in [7, 11) is 0. The van der Waals surface area contributed by atoms with Crippen LogP contribution in [-0.2, 0) is 0 Å². The molecular weight excluding hydrogens is 162 g/mol. The summed E-state index contributed by atoms with van der Waals surface area (Å²) in [5.74, 6) is 0. The molecule has 0 rings (SSSR count). The summed E-state index contributed by atoms with van der Waals surface area (Å²) in [5.41, 5.74) is -0.459. The smallest absolute Gasteiger partial charge is 0.0743 e. The van der Waals surface area contributed by atoms with E-state index in [0.717, 1.165) is 19.3 Å². The van der Waals surface area contributed by atoms with Gasteiger partial charge in [-0.2, -0.15) is 0 Å². The van der Waals surface area contributed by atoms with E-state index >= 15 is 0 Å². The van der Waals surface area contributed by atoms with Crippen LogP contribution in [-0.4, -0.2) is 22.8 Å². The first-order chi connectivity index (χ1) is 5.77. The SMILES string of the molecule is CCCCC(C)(O)CNC(C)(C)C. The van der Waals surface area contributed by atoms with Crippen molar-refractivity contribution >= 4 is 0 Å². The molecule has 2 heteroatoms. The second-order valence-electron chi connectivity index (χ2n) is 5.20. The minimum atomic E-state index is -0.552. The molecule has 1 unspecified atom stereocenters. The van der Waals surface area contributed by atoms with E-state index in [4.69, 9.17) is 0 Å². The molecule has 1 atom stereocenters. The van der Waals surface area contributed by atoms with Gasteiger partial charge in [0, 0.05) is 12.1 Å². The van der Waals surface area contributed by atoms with Crippen LogP contribution in [0.2, 0.25) is 0 Å². The standard InChI is InChI=1S/C11H25NO/c1-6-7-8-11(5,13)9-12-10(2,3)4/h12-13H,6-9H2,1-5H3. The van der Waals surface area contributed by atoms with Gasteiger partial charge < -0.3 is 10.4 Å². The molecule has 0 heterocycles. The highest BCUT2D eigenvalue weighted by Gasteiger charge is 2.21. The van der Waals surface area contributed by atoms with Crippen LogP contribution in [0.1, 0.15) is 53.9 Å². The lowest BCUT2D eigenvalue weighted by molar-refractivity contribution is 0.0424. The van der Waals surface area contributed by atoms with Gasteiger partial charge in [0.15, 0.2) is 0 Å². The number of hydrogen-bond acceptors (Lipinski definition) is 2. The third-order valence-corrected chi connectivity index (χ3v) is 2.07. The average Bonchev–Trinajstić information content (AvgIpc) is 1.97. The molecule has 0 aromatic rings. The van der Waals surface area contributed by atoms with E-state index in [1.54, 1.807) is 0 Å². The predicted octanol–water partition coefficient (Wildman–Crippen LogP) is 2.32. The maximum atomic E-state index is 9.95. The van der Waals surface area contributed by atoms with Crippen molar-refractivity contribution in [1.82, 2.24) is 5.32 Å². The van der Waals surface area contributed by atoms with Crippen LogP contribution in [0.3, 0.4) is 0 Å². The number of hydrogen-bond donors (Lipinski definition) is 2. The monoisotopic (exact) mass is 187 g/mol. The average molecular weight is 187 g/mol. The molecule has 0 aliphatic carbocycles. The van der Waals surface area contributed by atoms with Gasteiger partial charge in [0.25, 0.3) is 0 Å². The van der Waals surface area contributed by atoms with Gasteiger partial charge in [0.2, 0.25) is 0 Å². The Balaban J connectivity index is 3.75. The molecule has 0 saturated heterocycles. The zero-order chi connectivity index (χ0) is 10.5. The molecule has 0 spiro atoms. The third kappa shape index (κ3) is 8.26. The molecule has 2 N–H and O–H groups in total. The predicted molar refractivity (Wildman–Crippen MR) is 57.9 cm³/mol. The van der Waals surface area contributed by atoms with Crippen molar-refractivity contribution < 1.29 is 5.11 Å². The Morgan fingerprint density at radius 3 is 2.08 bits per heavy atom. The van der Waals surface area contributed by atoms with Gasteiger partial charge in [-0.05, 0) is 34.1 Å². The van der Waals surface area contributed by atoms with E-state index in [0.29, 0.717) is 6.54 Å². The van der Waals surface area contributed by atoms with E-state index in [-0.39, 0.29) is 5.54 Å². The molecule has 0 saturated carbocycles. The van der Waals surface area contributed by atoms with Gasteiger partial charge in [0.05, 0.1) is 5.60 Å². The van der Waals surface area contributed by atoms with Crippen molar-refractivity contribution in [3.05, 3.63) is 0 Å². The molecule has 0 aromatic carbocycles. The maximum Gasteiger partial charge on any atom is 0.0743 e. The summed E-state index contributed by atoms with van der Waals surface area (Å²) < 4.78 is 0. The number of rotatable bonds is 5. The molecule has 80 valence electrons. The number of nitrogens with one attached hydrogen (secondary N) is 1. The molecule has 0 amide bonds. The fraction of sp³-hybridized carbons (Fsp3) is 1.00. The largest absolute Gasteiger partial charge is 0.389 e. The van der Waals surface area contributed by atoms with Crippen LogP contribution >= 0.6 is 0 Å². The zero-order valence-electron chi connectivity index (χ0n) is 9.78. The van der Waals surface area contributed by atoms with Crippen LogP contribution in [0.5, 0.6) is 0 Å². The normalized spacial score (nSPS) is 17.1. The minimum absolute atomic E-state index is 0.0935. The van der Waals surface area contributed by atoms with Crippen molar-refractivity contribution in [2.75, 3.05) is 6.54 Å². The van der Waals surface area contributed by atoms with Gasteiger partial charge in [0.1, 0.15) is 0 Å². The fourth-order valence-corrected chi connectivity index (χ4v) is 1.10. The van der Waals surface area contributed by atoms with Crippen LogP contribution in [0, 0.1) is 0 Å². The molecule has 0 aliphatic rings. The Morgan fingerprint density at radius 2 is 1.69 bits per heavy atom. The molecule has 0 aliphatic heterocycles. The van der Waals surface area contributed by atoms with Crippen molar-refractivity contribution in [2.45, 2.75) is 65.0 Å². The molecule has 0 radical (unpaired) electrons. The van der Waals surface area contributed by atoms with Gasteiger partial charge in [-0.25, -0.2) is 0 Å². The Hall–Kier alpha value is -0.0800. The fourth-order valence-electron chi connectivity index (χ4n) is 1.10. The lowest BCUT2D eigenvalue weighted by atomic mass is 9.97. The Kier molecular flexibility index (Phi) is 4.93. The maximum absolute atomic E-state index is 9.95. The molecule has 13 heavy (non-hydrogen) atoms. The van der Waals surface area contributed by atoms with Crippen molar-refractivity contribution in [1.29, 1.82) is 0 Å². The molecule has 0 aromatic heterocycles. The van der Waals surface area contributed by atoms with E-state index in [1.165, 1.54) is 0 Å². The minimum Gasteiger partial charge on any atom is -0.389 e. The highest BCUT2D eigenvalue weighted by atomic mass is 16.3. The van der Waals surface area contributed by atoms with Crippen LogP contribution in [0.4, 0.5) is 0 Å². The van der Waals surface area contributed by atoms with Gasteiger partial charge in [-0.3, -0.25) is 0 Å². The van der Waals surface area contributed by atoms with Crippen molar-refractivity contribution in [3.63, 3.8) is 0 Å². The summed E-state index contributed by atoms with van der Waals surface area (Å²) >= 11 is 0. The Morgan fingerprint density at radius 1 is 1.15 bits per heavy atom. The Labute approximate surface area is 82.7 Å². The van der Waals surface area contributed by atoms with Crippen LogP contribution in [0.15, 0.2) is 0 Å². The van der Waals surface area contributed by atoms with Gasteiger partial charge >= 0.3 is 0 Å². The number of β-amino-alcohol motifs (C(OH)–C–C–N with tert-alkyl or cyclic N) is 1. The van der Waals surface area contributed by atoms with E-state index in [2.05, 4.69) is 33.0 Å². The molecule has 0 fully saturated rings. The van der Waals surface area contributed by atoms with Gasteiger partial charge in [-0.15, -0.1) is 0 Å². The van der Waals surface area contributed by atoms with Gasteiger partial charge in [-0.1, -0.05) is 19.8 Å². The molecule has 0 bridgehead atoms. The second-order valence-corrected chi connectivity index (χ2v) is 5.20. The highest BCUT2D eigenvalue weighted by Crippen LogP contribution is 2.13. The van der Waals surface area contributed by atoms with Crippen molar-refractivity contribution in [2.24, 2.45) is 0 Å². The first-order valence-electron chi connectivity index (χ1n) is 5.24. The second kappa shape index (κ2) is 4.97. The quantitative estimate of drug-likeness (QED) is 0.692. The van der Waals surface area contributed by atoms with Crippen LogP contribution in [0.25, 0.3) is 0 Å². The first-order valence-corrected chi connectivity index (χ1v) is 5.24. The molecule has 2 nitrogen and oxygen atoms in total. The van der Waals surface area contributed by atoms with E-state index in [1.807, 2.05) is 6.92 Å². The third-order valence-electron chi connectivity index (χ3n) is 2.07. The topological polar surface area (TPSA) is 32.3 Å². The van der Waals surface area contributed by atoms with Crippen LogP contribution < -0.4 is 5.32 Å². The van der Waals surface area contributed by atoms with Crippen molar-refractivity contribution in [3.8, 4) is 0 Å². The Bertz CT molecular complexity index is 136. The molecular formula is C11H25NO. The lowest BCUT2D eigenvalue weighted by Crippen LogP contribution is -2.46.